The summed E-state index contributed by atoms with van der Waals surface area (Å²) in [6.07, 6.45) is 0. The Morgan fingerprint density at radius 3 is 2.48 bits per heavy atom. The molecule has 0 aromatic heterocycles. The van der Waals surface area contributed by atoms with E-state index in [0.29, 0.717) is 23.4 Å². The van der Waals surface area contributed by atoms with E-state index in [1.807, 2.05) is 30.3 Å². The molecule has 4 nitrogen and oxygen atoms in total. The highest BCUT2D eigenvalue weighted by molar-refractivity contribution is 6.11. The van der Waals surface area contributed by atoms with E-state index in [9.17, 15) is 9.59 Å². The van der Waals surface area contributed by atoms with E-state index in [1.54, 1.807) is 12.1 Å². The molecule has 0 unspecified atom stereocenters. The van der Waals surface area contributed by atoms with Gasteiger partial charge in [0, 0.05) is 12.1 Å². The van der Waals surface area contributed by atoms with E-state index >= 15 is 0 Å². The van der Waals surface area contributed by atoms with Crippen LogP contribution in [0, 0.1) is 13.8 Å². The Kier molecular flexibility index (Phi) is 4.24. The summed E-state index contributed by atoms with van der Waals surface area (Å²) < 4.78 is 0. The summed E-state index contributed by atoms with van der Waals surface area (Å²) in [5.74, 6) is -0.379. The Morgan fingerprint density at radius 1 is 0.963 bits per heavy atom. The van der Waals surface area contributed by atoms with Crippen LogP contribution in [0.1, 0.15) is 37.4 Å². The molecule has 0 spiro atoms. The maximum Gasteiger partial charge on any atom is 0.255 e. The van der Waals surface area contributed by atoms with E-state index in [-0.39, 0.29) is 11.8 Å². The van der Waals surface area contributed by atoms with Crippen LogP contribution in [0.15, 0.2) is 60.7 Å². The first kappa shape index (κ1) is 17.0. The highest BCUT2D eigenvalue weighted by Crippen LogP contribution is 2.34. The maximum absolute atomic E-state index is 12.5. The van der Waals surface area contributed by atoms with Crippen molar-refractivity contribution in [3.63, 3.8) is 0 Å². The predicted molar refractivity (Wildman–Crippen MR) is 107 cm³/mol. The Balaban J connectivity index is 1.75. The number of fused-ring (bicyclic) bond motifs is 1. The predicted octanol–water partition coefficient (Wildman–Crippen LogP) is 4.47. The molecular weight excluding hydrogens is 336 g/mol. The van der Waals surface area contributed by atoms with Gasteiger partial charge in [-0.05, 0) is 59.9 Å². The zero-order chi connectivity index (χ0) is 19.0. The van der Waals surface area contributed by atoms with E-state index in [1.165, 1.54) is 11.1 Å². The summed E-state index contributed by atoms with van der Waals surface area (Å²) in [7, 11) is 0. The first-order chi connectivity index (χ1) is 13.0. The number of aryl methyl sites for hydroxylation is 2. The fourth-order valence-corrected chi connectivity index (χ4v) is 3.42. The molecule has 0 aliphatic carbocycles. The van der Waals surface area contributed by atoms with Gasteiger partial charge in [0.1, 0.15) is 0 Å². The zero-order valence-corrected chi connectivity index (χ0v) is 15.3. The lowest BCUT2D eigenvalue weighted by Crippen LogP contribution is -2.17. The quantitative estimate of drug-likeness (QED) is 0.728. The molecule has 3 aromatic rings. The van der Waals surface area contributed by atoms with Crippen molar-refractivity contribution in [1.82, 2.24) is 5.32 Å². The van der Waals surface area contributed by atoms with Crippen LogP contribution < -0.4 is 10.6 Å². The Hall–Kier alpha value is -3.40. The van der Waals surface area contributed by atoms with Crippen LogP contribution in [0.2, 0.25) is 0 Å². The molecule has 2 N–H and O–H groups in total. The highest BCUT2D eigenvalue weighted by atomic mass is 16.2. The molecule has 1 aliphatic rings. The normalized spacial score (nSPS) is 12.4. The largest absolute Gasteiger partial charge is 0.348 e. The third kappa shape index (κ3) is 3.10. The minimum atomic E-state index is -0.226. The maximum atomic E-state index is 12.5. The molecule has 1 aliphatic heterocycles. The molecule has 2 amide bonds. The smallest absolute Gasteiger partial charge is 0.255 e. The first-order valence-electron chi connectivity index (χ1n) is 8.92. The number of amides is 2. The molecule has 0 atom stereocenters. The van der Waals surface area contributed by atoms with Gasteiger partial charge < -0.3 is 10.6 Å². The number of hydrogen-bond donors (Lipinski definition) is 2. The molecule has 0 fully saturated rings. The van der Waals surface area contributed by atoms with Gasteiger partial charge >= 0.3 is 0 Å². The summed E-state index contributed by atoms with van der Waals surface area (Å²) in [6, 6.07) is 19.1. The van der Waals surface area contributed by atoms with Crippen LogP contribution >= 0.6 is 0 Å². The zero-order valence-electron chi connectivity index (χ0n) is 15.3. The summed E-state index contributed by atoms with van der Waals surface area (Å²) in [5.41, 5.74) is 7.11. The number of benzene rings is 3. The summed E-state index contributed by atoms with van der Waals surface area (Å²) in [6.45, 7) is 4.62. The van der Waals surface area contributed by atoms with Crippen LogP contribution in [-0.4, -0.2) is 11.8 Å². The lowest BCUT2D eigenvalue weighted by molar-refractivity contribution is 0.0966. The average molecular weight is 356 g/mol. The Morgan fingerprint density at radius 2 is 1.74 bits per heavy atom. The van der Waals surface area contributed by atoms with Gasteiger partial charge in [-0.3, -0.25) is 9.59 Å². The molecule has 4 heteroatoms. The molecular formula is C23H20N2O2. The second kappa shape index (κ2) is 6.72. The van der Waals surface area contributed by atoms with Crippen LogP contribution in [0.3, 0.4) is 0 Å². The van der Waals surface area contributed by atoms with Gasteiger partial charge in [-0.2, -0.15) is 0 Å². The molecule has 0 saturated carbocycles. The molecule has 134 valence electrons. The van der Waals surface area contributed by atoms with Crippen molar-refractivity contribution in [2.75, 3.05) is 5.32 Å². The van der Waals surface area contributed by atoms with Crippen molar-refractivity contribution >= 4 is 17.5 Å². The van der Waals surface area contributed by atoms with Gasteiger partial charge in [0.05, 0.1) is 11.3 Å². The minimum absolute atomic E-state index is 0.154. The van der Waals surface area contributed by atoms with Crippen molar-refractivity contribution in [2.24, 2.45) is 0 Å². The Bertz CT molecular complexity index is 1060. The van der Waals surface area contributed by atoms with Gasteiger partial charge in [-0.15, -0.1) is 0 Å². The van der Waals surface area contributed by atoms with Crippen LogP contribution in [0.4, 0.5) is 5.69 Å². The van der Waals surface area contributed by atoms with Crippen molar-refractivity contribution in [1.29, 1.82) is 0 Å². The third-order valence-corrected chi connectivity index (χ3v) is 5.07. The SMILES string of the molecule is Cc1ccc(-c2ccc(NC(=O)c3ccccc3)c3c2CNC3=O)cc1C. The topological polar surface area (TPSA) is 58.2 Å². The Labute approximate surface area is 158 Å². The summed E-state index contributed by atoms with van der Waals surface area (Å²) in [5, 5.41) is 5.77. The lowest BCUT2D eigenvalue weighted by Gasteiger charge is -2.14. The van der Waals surface area contributed by atoms with Crippen LogP contribution in [0.25, 0.3) is 11.1 Å². The van der Waals surface area contributed by atoms with Crippen molar-refractivity contribution in [3.05, 3.63) is 88.5 Å². The van der Waals surface area contributed by atoms with Crippen LogP contribution in [-0.2, 0) is 6.54 Å². The molecule has 4 rings (SSSR count). The number of carbonyl (C=O) groups is 2. The van der Waals surface area contributed by atoms with Crippen LogP contribution in [0.5, 0.6) is 0 Å². The highest BCUT2D eigenvalue weighted by Gasteiger charge is 2.26. The average Bonchev–Trinajstić information content (AvgIpc) is 3.07. The van der Waals surface area contributed by atoms with Gasteiger partial charge in [-0.1, -0.05) is 42.5 Å². The second-order valence-corrected chi connectivity index (χ2v) is 6.82. The fourth-order valence-electron chi connectivity index (χ4n) is 3.42. The van der Waals surface area contributed by atoms with E-state index < -0.39 is 0 Å². The lowest BCUT2D eigenvalue weighted by atomic mass is 9.93. The summed E-state index contributed by atoms with van der Waals surface area (Å²) in [4.78, 5) is 25.0. The van der Waals surface area contributed by atoms with Gasteiger partial charge in [0.15, 0.2) is 0 Å². The number of hydrogen-bond acceptors (Lipinski definition) is 2. The molecule has 27 heavy (non-hydrogen) atoms. The monoisotopic (exact) mass is 356 g/mol. The van der Waals surface area contributed by atoms with E-state index in [2.05, 4.69) is 42.7 Å². The van der Waals surface area contributed by atoms with E-state index in [0.717, 1.165) is 16.7 Å². The number of carbonyl (C=O) groups excluding carboxylic acids is 2. The third-order valence-electron chi connectivity index (χ3n) is 5.07. The van der Waals surface area contributed by atoms with Crippen molar-refractivity contribution < 1.29 is 9.59 Å². The molecule has 0 radical (unpaired) electrons. The molecule has 0 bridgehead atoms. The second-order valence-electron chi connectivity index (χ2n) is 6.82. The first-order valence-corrected chi connectivity index (χ1v) is 8.92. The standard InChI is InChI=1S/C23H20N2O2/c1-14-8-9-17(12-15(14)2)18-10-11-20(21-19(18)13-24-23(21)27)25-22(26)16-6-4-3-5-7-16/h3-12H,13H2,1-2H3,(H,24,27)(H,25,26). The van der Waals surface area contributed by atoms with Gasteiger partial charge in [0.2, 0.25) is 0 Å². The number of anilines is 1. The minimum Gasteiger partial charge on any atom is -0.348 e. The van der Waals surface area contributed by atoms with Crippen molar-refractivity contribution in [3.8, 4) is 11.1 Å². The summed E-state index contributed by atoms with van der Waals surface area (Å²) >= 11 is 0. The fraction of sp³-hybridized carbons (Fsp3) is 0.130. The number of nitrogens with one attached hydrogen (secondary N) is 2. The molecule has 3 aromatic carbocycles. The number of rotatable bonds is 3. The van der Waals surface area contributed by atoms with E-state index in [4.69, 9.17) is 0 Å². The van der Waals surface area contributed by atoms with Gasteiger partial charge in [-0.25, -0.2) is 0 Å². The van der Waals surface area contributed by atoms with Crippen molar-refractivity contribution in [2.45, 2.75) is 20.4 Å². The molecule has 0 saturated heterocycles. The van der Waals surface area contributed by atoms with Gasteiger partial charge in [0.25, 0.3) is 11.8 Å². The molecule has 1 heterocycles.